The van der Waals surface area contributed by atoms with Gasteiger partial charge in [-0.25, -0.2) is 0 Å². The summed E-state index contributed by atoms with van der Waals surface area (Å²) in [5, 5.41) is 17.1. The van der Waals surface area contributed by atoms with Gasteiger partial charge < -0.3 is 13.7 Å². The van der Waals surface area contributed by atoms with Crippen LogP contribution in [0, 0.1) is 0 Å². The first-order valence-electron chi connectivity index (χ1n) is 7.16. The molecule has 2 heterocycles. The van der Waals surface area contributed by atoms with Gasteiger partial charge in [0, 0.05) is 11.6 Å². The number of hydrogen-bond donors (Lipinski definition) is 0. The van der Waals surface area contributed by atoms with Crippen molar-refractivity contribution in [2.24, 2.45) is 0 Å². The Morgan fingerprint density at radius 2 is 1.96 bits per heavy atom. The molecule has 0 aliphatic heterocycles. The van der Waals surface area contributed by atoms with Gasteiger partial charge in [-0.15, -0.1) is 20.4 Å². The summed E-state index contributed by atoms with van der Waals surface area (Å²) in [6.07, 6.45) is 1.73. The van der Waals surface area contributed by atoms with Crippen molar-refractivity contribution >= 4 is 11.8 Å². The van der Waals surface area contributed by atoms with Gasteiger partial charge in [-0.3, -0.25) is 0 Å². The number of thioether (sulfide) groups is 1. The van der Waals surface area contributed by atoms with E-state index in [2.05, 4.69) is 34.2 Å². The fraction of sp³-hybridized carbons (Fsp3) is 0.333. The van der Waals surface area contributed by atoms with Crippen molar-refractivity contribution in [2.75, 3.05) is 7.11 Å². The van der Waals surface area contributed by atoms with E-state index in [1.807, 2.05) is 28.8 Å². The Bertz CT molecular complexity index is 766. The lowest BCUT2D eigenvalue weighted by atomic mass is 10.2. The second kappa shape index (κ2) is 6.82. The lowest BCUT2D eigenvalue weighted by molar-refractivity contribution is 0.415. The van der Waals surface area contributed by atoms with Crippen LogP contribution >= 0.6 is 11.8 Å². The molecule has 0 N–H and O–H groups in total. The number of methoxy groups -OCH3 is 1. The Morgan fingerprint density at radius 3 is 2.65 bits per heavy atom. The number of rotatable bonds is 6. The maximum Gasteiger partial charge on any atom is 0.247 e. The van der Waals surface area contributed by atoms with Crippen LogP contribution in [0.15, 0.2) is 40.2 Å². The van der Waals surface area contributed by atoms with E-state index >= 15 is 0 Å². The second-order valence-corrected chi connectivity index (χ2v) is 6.08. The summed E-state index contributed by atoms with van der Waals surface area (Å²) in [5.74, 6) is 2.39. The molecule has 0 amide bonds. The van der Waals surface area contributed by atoms with Crippen LogP contribution in [-0.2, 0) is 5.75 Å². The number of aromatic nitrogens is 5. The molecule has 0 saturated carbocycles. The standard InChI is InChI=1S/C15H17N5O2S/c1-10(2)20-9-16-19-15(20)23-8-13-17-18-14(22-13)11-4-6-12(21-3)7-5-11/h4-7,9-10H,8H2,1-3H3. The molecule has 0 unspecified atom stereocenters. The minimum atomic E-state index is 0.310. The summed E-state index contributed by atoms with van der Waals surface area (Å²) in [4.78, 5) is 0. The van der Waals surface area contributed by atoms with Crippen LogP contribution in [-0.4, -0.2) is 32.1 Å². The number of ether oxygens (including phenoxy) is 1. The van der Waals surface area contributed by atoms with Crippen molar-refractivity contribution in [1.82, 2.24) is 25.0 Å². The van der Waals surface area contributed by atoms with E-state index in [0.29, 0.717) is 23.6 Å². The zero-order valence-electron chi connectivity index (χ0n) is 13.1. The zero-order valence-corrected chi connectivity index (χ0v) is 13.9. The molecule has 0 radical (unpaired) electrons. The Balaban J connectivity index is 1.68. The maximum atomic E-state index is 5.70. The number of hydrogen-bond acceptors (Lipinski definition) is 7. The molecule has 1 aromatic carbocycles. The Hall–Kier alpha value is -2.35. The summed E-state index contributed by atoms with van der Waals surface area (Å²) in [5.41, 5.74) is 0.861. The van der Waals surface area contributed by atoms with Crippen LogP contribution < -0.4 is 4.74 Å². The molecule has 2 aromatic heterocycles. The first-order chi connectivity index (χ1) is 11.2. The Labute approximate surface area is 138 Å². The van der Waals surface area contributed by atoms with Crippen LogP contribution in [0.2, 0.25) is 0 Å². The van der Waals surface area contributed by atoms with Gasteiger partial charge in [0.25, 0.3) is 0 Å². The topological polar surface area (TPSA) is 78.9 Å². The summed E-state index contributed by atoms with van der Waals surface area (Å²) in [6, 6.07) is 7.81. The molecular formula is C15H17N5O2S. The third kappa shape index (κ3) is 3.53. The van der Waals surface area contributed by atoms with Gasteiger partial charge in [0.2, 0.25) is 11.8 Å². The highest BCUT2D eigenvalue weighted by atomic mass is 32.2. The maximum absolute atomic E-state index is 5.70. The minimum absolute atomic E-state index is 0.310. The van der Waals surface area contributed by atoms with Crippen LogP contribution in [0.3, 0.4) is 0 Å². The van der Waals surface area contributed by atoms with Crippen LogP contribution in [0.25, 0.3) is 11.5 Å². The third-order valence-electron chi connectivity index (χ3n) is 3.23. The molecule has 23 heavy (non-hydrogen) atoms. The average molecular weight is 331 g/mol. The SMILES string of the molecule is COc1ccc(-c2nnc(CSc3nncn3C(C)C)o2)cc1. The van der Waals surface area contributed by atoms with Crippen molar-refractivity contribution in [3.8, 4) is 17.2 Å². The normalized spacial score (nSPS) is 11.1. The highest BCUT2D eigenvalue weighted by Gasteiger charge is 2.12. The van der Waals surface area contributed by atoms with Gasteiger partial charge >= 0.3 is 0 Å². The molecule has 0 spiro atoms. The average Bonchev–Trinajstić information content (AvgIpc) is 3.22. The fourth-order valence-corrected chi connectivity index (χ4v) is 2.86. The van der Waals surface area contributed by atoms with E-state index in [9.17, 15) is 0 Å². The van der Waals surface area contributed by atoms with Gasteiger partial charge in [-0.2, -0.15) is 0 Å². The van der Waals surface area contributed by atoms with Gasteiger partial charge in [0.05, 0.1) is 12.9 Å². The highest BCUT2D eigenvalue weighted by molar-refractivity contribution is 7.98. The van der Waals surface area contributed by atoms with E-state index in [-0.39, 0.29) is 0 Å². The van der Waals surface area contributed by atoms with Crippen molar-refractivity contribution in [3.05, 3.63) is 36.5 Å². The largest absolute Gasteiger partial charge is 0.497 e. The summed E-state index contributed by atoms with van der Waals surface area (Å²) in [6.45, 7) is 4.17. The molecule has 3 rings (SSSR count). The second-order valence-electron chi connectivity index (χ2n) is 5.13. The summed E-state index contributed by atoms with van der Waals surface area (Å²) >= 11 is 1.52. The van der Waals surface area contributed by atoms with Gasteiger partial charge in [-0.05, 0) is 38.1 Å². The molecule has 0 saturated heterocycles. The zero-order chi connectivity index (χ0) is 16.2. The molecule has 7 nitrogen and oxygen atoms in total. The van der Waals surface area contributed by atoms with Crippen molar-refractivity contribution in [3.63, 3.8) is 0 Å². The van der Waals surface area contributed by atoms with E-state index in [1.165, 1.54) is 11.8 Å². The first kappa shape index (κ1) is 15.5. The molecular weight excluding hydrogens is 314 g/mol. The molecule has 8 heteroatoms. The van der Waals surface area contributed by atoms with Crippen molar-refractivity contribution in [1.29, 1.82) is 0 Å². The monoisotopic (exact) mass is 331 g/mol. The van der Waals surface area contributed by atoms with Gasteiger partial charge in [0.1, 0.15) is 12.1 Å². The van der Waals surface area contributed by atoms with Crippen molar-refractivity contribution < 1.29 is 9.15 Å². The predicted octanol–water partition coefficient (Wildman–Crippen LogP) is 3.21. The molecule has 3 aromatic rings. The Morgan fingerprint density at radius 1 is 1.17 bits per heavy atom. The van der Waals surface area contributed by atoms with Gasteiger partial charge in [-0.1, -0.05) is 11.8 Å². The van der Waals surface area contributed by atoms with E-state index in [4.69, 9.17) is 9.15 Å². The highest BCUT2D eigenvalue weighted by Crippen LogP contribution is 2.25. The summed E-state index contributed by atoms with van der Waals surface area (Å²) in [7, 11) is 1.63. The molecule has 0 aliphatic rings. The minimum Gasteiger partial charge on any atom is -0.497 e. The molecule has 0 aliphatic carbocycles. The fourth-order valence-electron chi connectivity index (χ4n) is 1.98. The van der Waals surface area contributed by atoms with Crippen LogP contribution in [0.1, 0.15) is 25.8 Å². The van der Waals surface area contributed by atoms with Crippen LogP contribution in [0.4, 0.5) is 0 Å². The smallest absolute Gasteiger partial charge is 0.247 e. The third-order valence-corrected chi connectivity index (χ3v) is 4.17. The van der Waals surface area contributed by atoms with E-state index < -0.39 is 0 Å². The molecule has 0 bridgehead atoms. The molecule has 0 atom stereocenters. The van der Waals surface area contributed by atoms with E-state index in [0.717, 1.165) is 16.5 Å². The quantitative estimate of drug-likeness (QED) is 0.642. The molecule has 120 valence electrons. The Kier molecular flexibility index (Phi) is 4.61. The molecule has 0 fully saturated rings. The number of nitrogens with zero attached hydrogens (tertiary/aromatic N) is 5. The predicted molar refractivity (Wildman–Crippen MR) is 86.3 cm³/mol. The first-order valence-corrected chi connectivity index (χ1v) is 8.15. The lowest BCUT2D eigenvalue weighted by Gasteiger charge is -2.08. The van der Waals surface area contributed by atoms with Crippen molar-refractivity contribution in [2.45, 2.75) is 30.8 Å². The summed E-state index contributed by atoms with van der Waals surface area (Å²) < 4.78 is 12.8. The van der Waals surface area contributed by atoms with Crippen LogP contribution in [0.5, 0.6) is 5.75 Å². The van der Waals surface area contributed by atoms with E-state index in [1.54, 1.807) is 13.4 Å². The number of benzene rings is 1. The van der Waals surface area contributed by atoms with Gasteiger partial charge in [0.15, 0.2) is 5.16 Å². The lowest BCUT2D eigenvalue weighted by Crippen LogP contribution is -2.00.